The summed E-state index contributed by atoms with van der Waals surface area (Å²) in [6, 6.07) is 16.2. The molecule has 4 nitrogen and oxygen atoms in total. The number of aryl methyl sites for hydroxylation is 1. The van der Waals surface area contributed by atoms with E-state index in [1.54, 1.807) is 0 Å². The smallest absolute Gasteiger partial charge is 0.227 e. The lowest BCUT2D eigenvalue weighted by Gasteiger charge is -2.20. The van der Waals surface area contributed by atoms with E-state index < -0.39 is 0 Å². The molecule has 1 atom stereocenters. The third-order valence-corrected chi connectivity index (χ3v) is 4.71. The fraction of sp³-hybridized carbons (Fsp3) is 0.300. The molecule has 1 amide bonds. The highest BCUT2D eigenvalue weighted by Crippen LogP contribution is 2.24. The quantitative estimate of drug-likeness (QED) is 0.810. The van der Waals surface area contributed by atoms with Gasteiger partial charge in [0.1, 0.15) is 0 Å². The number of thiocarbonyl (C=S) groups is 1. The highest BCUT2D eigenvalue weighted by atomic mass is 32.1. The molecule has 1 aliphatic heterocycles. The Morgan fingerprint density at radius 2 is 2.00 bits per heavy atom. The molecule has 0 radical (unpaired) electrons. The molecule has 3 rings (SSSR count). The van der Waals surface area contributed by atoms with Crippen LogP contribution in [0.2, 0.25) is 0 Å². The first-order chi connectivity index (χ1) is 12.0. The minimum Gasteiger partial charge on any atom is -0.356 e. The van der Waals surface area contributed by atoms with Gasteiger partial charge in [-0.15, -0.1) is 0 Å². The number of carbonyl (C=O) groups is 1. The van der Waals surface area contributed by atoms with E-state index in [1.165, 1.54) is 11.1 Å². The number of hydrogen-bond donors (Lipinski definition) is 2. The van der Waals surface area contributed by atoms with E-state index in [9.17, 15) is 4.79 Å². The molecule has 130 valence electrons. The Labute approximate surface area is 154 Å². The van der Waals surface area contributed by atoms with Crippen LogP contribution in [0.1, 0.15) is 36.9 Å². The second kappa shape index (κ2) is 7.66. The second-order valence-electron chi connectivity index (χ2n) is 6.38. The Morgan fingerprint density at radius 1 is 1.20 bits per heavy atom. The van der Waals surface area contributed by atoms with Crippen LogP contribution in [0, 0.1) is 6.92 Å². The zero-order valence-electron chi connectivity index (χ0n) is 14.6. The van der Waals surface area contributed by atoms with Crippen LogP contribution >= 0.6 is 12.2 Å². The first kappa shape index (κ1) is 17.4. The third-order valence-electron chi connectivity index (χ3n) is 4.49. The van der Waals surface area contributed by atoms with Crippen molar-refractivity contribution in [2.75, 3.05) is 16.8 Å². The molecule has 2 N–H and O–H groups in total. The summed E-state index contributed by atoms with van der Waals surface area (Å²) in [5.41, 5.74) is 4.26. The number of carbonyl (C=O) groups excluding carboxylic acids is 1. The number of rotatable bonds is 4. The zero-order valence-corrected chi connectivity index (χ0v) is 15.4. The second-order valence-corrected chi connectivity index (χ2v) is 6.78. The first-order valence-corrected chi connectivity index (χ1v) is 8.99. The van der Waals surface area contributed by atoms with E-state index in [4.69, 9.17) is 12.2 Å². The minimum absolute atomic E-state index is 0.115. The number of anilines is 2. The molecule has 0 aromatic heterocycles. The molecule has 1 aliphatic rings. The summed E-state index contributed by atoms with van der Waals surface area (Å²) in [6.45, 7) is 4.98. The Hall–Kier alpha value is -2.40. The average molecular weight is 353 g/mol. The van der Waals surface area contributed by atoms with Crippen molar-refractivity contribution in [2.24, 2.45) is 0 Å². The topological polar surface area (TPSA) is 44.4 Å². The number of benzene rings is 2. The van der Waals surface area contributed by atoms with Gasteiger partial charge in [0.05, 0.1) is 6.04 Å². The summed E-state index contributed by atoms with van der Waals surface area (Å²) < 4.78 is 0. The van der Waals surface area contributed by atoms with E-state index in [0.29, 0.717) is 11.5 Å². The van der Waals surface area contributed by atoms with Crippen LogP contribution in [-0.4, -0.2) is 17.6 Å². The maximum absolute atomic E-state index is 11.9. The number of hydrogen-bond acceptors (Lipinski definition) is 2. The Balaban J connectivity index is 1.65. The molecule has 2 aromatic rings. The van der Waals surface area contributed by atoms with Crippen LogP contribution in [0.15, 0.2) is 48.5 Å². The largest absolute Gasteiger partial charge is 0.356 e. The molecule has 0 unspecified atom stereocenters. The van der Waals surface area contributed by atoms with Gasteiger partial charge in [-0.2, -0.15) is 0 Å². The summed E-state index contributed by atoms with van der Waals surface area (Å²) >= 11 is 5.45. The maximum Gasteiger partial charge on any atom is 0.227 e. The predicted molar refractivity (Wildman–Crippen MR) is 107 cm³/mol. The van der Waals surface area contributed by atoms with Crippen molar-refractivity contribution in [3.05, 3.63) is 59.7 Å². The molecular formula is C20H23N3OS. The van der Waals surface area contributed by atoms with Gasteiger partial charge in [0.15, 0.2) is 5.11 Å². The summed E-state index contributed by atoms with van der Waals surface area (Å²) in [5.74, 6) is 0.186. The Morgan fingerprint density at radius 3 is 2.72 bits per heavy atom. The maximum atomic E-state index is 11.9. The van der Waals surface area contributed by atoms with Crippen molar-refractivity contribution < 1.29 is 4.79 Å². The lowest BCUT2D eigenvalue weighted by atomic mass is 10.0. The van der Waals surface area contributed by atoms with E-state index in [2.05, 4.69) is 36.6 Å². The fourth-order valence-corrected chi connectivity index (χ4v) is 3.48. The predicted octanol–water partition coefficient (Wildman–Crippen LogP) is 4.17. The SMILES string of the molecule is Cc1ccccc1[C@H](C)NC(=S)Nc1cccc(N2CCCC2=O)c1. The normalized spacial score (nSPS) is 15.1. The van der Waals surface area contributed by atoms with Gasteiger partial charge in [0, 0.05) is 24.3 Å². The van der Waals surface area contributed by atoms with Gasteiger partial charge < -0.3 is 15.5 Å². The highest BCUT2D eigenvalue weighted by molar-refractivity contribution is 7.80. The van der Waals surface area contributed by atoms with Gasteiger partial charge in [0.2, 0.25) is 5.91 Å². The van der Waals surface area contributed by atoms with Crippen LogP contribution in [0.4, 0.5) is 11.4 Å². The van der Waals surface area contributed by atoms with Crippen LogP contribution in [0.5, 0.6) is 0 Å². The van der Waals surface area contributed by atoms with Crippen LogP contribution in [0.3, 0.4) is 0 Å². The number of amides is 1. The highest BCUT2D eigenvalue weighted by Gasteiger charge is 2.21. The van der Waals surface area contributed by atoms with Gasteiger partial charge in [0.25, 0.3) is 0 Å². The monoisotopic (exact) mass is 353 g/mol. The molecule has 0 bridgehead atoms. The van der Waals surface area contributed by atoms with Gasteiger partial charge >= 0.3 is 0 Å². The van der Waals surface area contributed by atoms with Crippen LogP contribution in [-0.2, 0) is 4.79 Å². The molecule has 5 heteroatoms. The van der Waals surface area contributed by atoms with Crippen molar-refractivity contribution in [1.82, 2.24) is 5.32 Å². The summed E-state index contributed by atoms with van der Waals surface area (Å²) in [7, 11) is 0. The average Bonchev–Trinajstić information content (AvgIpc) is 3.01. The molecule has 0 aliphatic carbocycles. The summed E-state index contributed by atoms with van der Waals surface area (Å²) in [4.78, 5) is 13.7. The first-order valence-electron chi connectivity index (χ1n) is 8.58. The van der Waals surface area contributed by atoms with Gasteiger partial charge in [-0.05, 0) is 61.8 Å². The Bertz CT molecular complexity index is 790. The van der Waals surface area contributed by atoms with E-state index in [-0.39, 0.29) is 11.9 Å². The third kappa shape index (κ3) is 4.17. The van der Waals surface area contributed by atoms with E-state index in [1.807, 2.05) is 41.3 Å². The summed E-state index contributed by atoms with van der Waals surface area (Å²) in [6.07, 6.45) is 1.55. The van der Waals surface area contributed by atoms with Gasteiger partial charge in [-0.1, -0.05) is 30.3 Å². The Kier molecular flexibility index (Phi) is 5.34. The molecule has 1 saturated heterocycles. The number of nitrogens with one attached hydrogen (secondary N) is 2. The van der Waals surface area contributed by atoms with Crippen molar-refractivity contribution >= 4 is 34.6 Å². The van der Waals surface area contributed by atoms with Crippen molar-refractivity contribution in [1.29, 1.82) is 0 Å². The minimum atomic E-state index is 0.115. The molecule has 0 spiro atoms. The molecule has 25 heavy (non-hydrogen) atoms. The number of nitrogens with zero attached hydrogens (tertiary/aromatic N) is 1. The molecular weight excluding hydrogens is 330 g/mol. The standard InChI is InChI=1S/C20H23N3OS/c1-14-7-3-4-10-18(14)15(2)21-20(25)22-16-8-5-9-17(13-16)23-12-6-11-19(23)24/h3-5,7-10,13,15H,6,11-12H2,1-2H3,(H2,21,22,25)/t15-/m0/s1. The van der Waals surface area contributed by atoms with Crippen LogP contribution in [0.25, 0.3) is 0 Å². The van der Waals surface area contributed by atoms with E-state index >= 15 is 0 Å². The van der Waals surface area contributed by atoms with Gasteiger partial charge in [-0.3, -0.25) is 4.79 Å². The molecule has 1 fully saturated rings. The molecule has 2 aromatic carbocycles. The van der Waals surface area contributed by atoms with Crippen molar-refractivity contribution in [2.45, 2.75) is 32.7 Å². The van der Waals surface area contributed by atoms with Crippen molar-refractivity contribution in [3.8, 4) is 0 Å². The van der Waals surface area contributed by atoms with E-state index in [0.717, 1.165) is 24.3 Å². The molecule has 1 heterocycles. The lowest BCUT2D eigenvalue weighted by Crippen LogP contribution is -2.31. The fourth-order valence-electron chi connectivity index (χ4n) is 3.19. The van der Waals surface area contributed by atoms with Crippen LogP contribution < -0.4 is 15.5 Å². The zero-order chi connectivity index (χ0) is 17.8. The summed E-state index contributed by atoms with van der Waals surface area (Å²) in [5, 5.41) is 7.12. The van der Waals surface area contributed by atoms with Gasteiger partial charge in [-0.25, -0.2) is 0 Å². The van der Waals surface area contributed by atoms with Crippen molar-refractivity contribution in [3.63, 3.8) is 0 Å². The molecule has 0 saturated carbocycles. The lowest BCUT2D eigenvalue weighted by molar-refractivity contribution is -0.117.